The summed E-state index contributed by atoms with van der Waals surface area (Å²) in [5.41, 5.74) is 8.20. The van der Waals surface area contributed by atoms with Gasteiger partial charge in [-0.2, -0.15) is 0 Å². The van der Waals surface area contributed by atoms with E-state index >= 15 is 0 Å². The summed E-state index contributed by atoms with van der Waals surface area (Å²) in [7, 11) is 1.59. The minimum Gasteiger partial charge on any atom is -0.483 e. The molecule has 0 fully saturated rings. The summed E-state index contributed by atoms with van der Waals surface area (Å²) in [4.78, 5) is 11.2. The van der Waals surface area contributed by atoms with Crippen molar-refractivity contribution in [2.75, 3.05) is 13.7 Å². The first-order valence-corrected chi connectivity index (χ1v) is 6.25. The van der Waals surface area contributed by atoms with Crippen molar-refractivity contribution >= 4 is 5.91 Å². The van der Waals surface area contributed by atoms with Crippen LogP contribution in [0, 0.1) is 6.92 Å². The summed E-state index contributed by atoms with van der Waals surface area (Å²) >= 11 is 0. The lowest BCUT2D eigenvalue weighted by atomic mass is 10.0. The van der Waals surface area contributed by atoms with Crippen LogP contribution in [-0.4, -0.2) is 25.6 Å². The Bertz CT molecular complexity index is 405. The van der Waals surface area contributed by atoms with Gasteiger partial charge in [0.15, 0.2) is 6.61 Å². The third kappa shape index (κ3) is 4.37. The highest BCUT2D eigenvalue weighted by Crippen LogP contribution is 2.21. The third-order valence-electron chi connectivity index (χ3n) is 2.86. The van der Waals surface area contributed by atoms with Crippen molar-refractivity contribution in [3.05, 3.63) is 29.3 Å². The van der Waals surface area contributed by atoms with Crippen LogP contribution in [0.25, 0.3) is 0 Å². The Morgan fingerprint density at radius 2 is 2.22 bits per heavy atom. The van der Waals surface area contributed by atoms with Gasteiger partial charge in [0.25, 0.3) is 5.91 Å². The van der Waals surface area contributed by atoms with E-state index in [0.29, 0.717) is 0 Å². The molecule has 0 aliphatic heterocycles. The summed E-state index contributed by atoms with van der Waals surface area (Å²) in [6.07, 6.45) is 1.68. The molecule has 18 heavy (non-hydrogen) atoms. The number of rotatable bonds is 6. The fourth-order valence-electron chi connectivity index (χ4n) is 1.65. The Balaban J connectivity index is 2.79. The molecule has 0 heterocycles. The van der Waals surface area contributed by atoms with Gasteiger partial charge in [-0.15, -0.1) is 0 Å². The largest absolute Gasteiger partial charge is 0.483 e. The fourth-order valence-corrected chi connectivity index (χ4v) is 1.65. The van der Waals surface area contributed by atoms with Crippen molar-refractivity contribution in [3.8, 4) is 5.75 Å². The molecular weight excluding hydrogens is 228 g/mol. The lowest BCUT2D eigenvalue weighted by molar-refractivity contribution is -0.122. The summed E-state index contributed by atoms with van der Waals surface area (Å²) in [5, 5.41) is 2.53. The average molecular weight is 250 g/mol. The number of benzene rings is 1. The monoisotopic (exact) mass is 250 g/mol. The molecular formula is C14H22N2O2. The number of nitrogens with one attached hydrogen (secondary N) is 1. The number of hydrogen-bond acceptors (Lipinski definition) is 3. The van der Waals surface area contributed by atoms with Gasteiger partial charge in [-0.1, -0.05) is 24.6 Å². The van der Waals surface area contributed by atoms with E-state index < -0.39 is 0 Å². The number of aryl methyl sites for hydroxylation is 1. The highest BCUT2D eigenvalue weighted by Gasteiger charge is 2.09. The number of carbonyl (C=O) groups excluding carboxylic acids is 1. The van der Waals surface area contributed by atoms with E-state index in [2.05, 4.69) is 18.3 Å². The minimum absolute atomic E-state index is 0.0356. The number of carbonyl (C=O) groups is 1. The summed E-state index contributed by atoms with van der Waals surface area (Å²) < 4.78 is 5.52. The lowest BCUT2D eigenvalue weighted by Crippen LogP contribution is -2.26. The Morgan fingerprint density at radius 1 is 1.50 bits per heavy atom. The van der Waals surface area contributed by atoms with Gasteiger partial charge in [-0.3, -0.25) is 4.79 Å². The first kappa shape index (κ1) is 14.5. The zero-order chi connectivity index (χ0) is 13.5. The van der Waals surface area contributed by atoms with Crippen LogP contribution in [-0.2, 0) is 11.2 Å². The maximum atomic E-state index is 11.2. The molecule has 0 aliphatic rings. The van der Waals surface area contributed by atoms with Crippen LogP contribution in [0.15, 0.2) is 18.2 Å². The highest BCUT2D eigenvalue weighted by atomic mass is 16.5. The smallest absolute Gasteiger partial charge is 0.257 e. The molecule has 4 nitrogen and oxygen atoms in total. The maximum Gasteiger partial charge on any atom is 0.257 e. The lowest BCUT2D eigenvalue weighted by Gasteiger charge is -2.14. The van der Waals surface area contributed by atoms with Crippen molar-refractivity contribution in [1.82, 2.24) is 5.32 Å². The van der Waals surface area contributed by atoms with E-state index in [9.17, 15) is 4.79 Å². The molecule has 1 aromatic rings. The molecule has 0 radical (unpaired) electrons. The van der Waals surface area contributed by atoms with Crippen LogP contribution in [0.4, 0.5) is 0 Å². The van der Waals surface area contributed by atoms with Crippen molar-refractivity contribution in [2.45, 2.75) is 32.7 Å². The second-order valence-corrected chi connectivity index (χ2v) is 4.45. The van der Waals surface area contributed by atoms with E-state index in [1.165, 1.54) is 5.56 Å². The van der Waals surface area contributed by atoms with Crippen LogP contribution in [0.2, 0.25) is 0 Å². The molecule has 0 saturated carbocycles. The normalized spacial score (nSPS) is 12.0. The van der Waals surface area contributed by atoms with Gasteiger partial charge in [-0.05, 0) is 31.4 Å². The number of amides is 1. The molecule has 0 spiro atoms. The SMILES string of the molecule is CCC(N)Cc1cc(C)ccc1OCC(=O)NC. The standard InChI is InChI=1S/C14H22N2O2/c1-4-12(15)8-11-7-10(2)5-6-13(11)18-9-14(17)16-3/h5-7,12H,4,8-9,15H2,1-3H3,(H,16,17). The second-order valence-electron chi connectivity index (χ2n) is 4.45. The van der Waals surface area contributed by atoms with E-state index in [-0.39, 0.29) is 18.6 Å². The topological polar surface area (TPSA) is 64.3 Å². The fraction of sp³-hybridized carbons (Fsp3) is 0.500. The molecule has 0 bridgehead atoms. The summed E-state index contributed by atoms with van der Waals surface area (Å²) in [6.45, 7) is 4.13. The molecule has 4 heteroatoms. The number of hydrogen-bond donors (Lipinski definition) is 2. The average Bonchev–Trinajstić information content (AvgIpc) is 2.37. The predicted molar refractivity (Wildman–Crippen MR) is 72.7 cm³/mol. The zero-order valence-corrected chi connectivity index (χ0v) is 11.3. The van der Waals surface area contributed by atoms with Crippen molar-refractivity contribution < 1.29 is 9.53 Å². The van der Waals surface area contributed by atoms with Crippen molar-refractivity contribution in [2.24, 2.45) is 5.73 Å². The Kier molecular flexibility index (Phi) is 5.65. The molecule has 0 saturated heterocycles. The summed E-state index contributed by atoms with van der Waals surface area (Å²) in [5.74, 6) is 0.606. The van der Waals surface area contributed by atoms with Gasteiger partial charge in [-0.25, -0.2) is 0 Å². The Labute approximate surface area is 109 Å². The third-order valence-corrected chi connectivity index (χ3v) is 2.86. The Hall–Kier alpha value is -1.55. The van der Waals surface area contributed by atoms with Gasteiger partial charge in [0.05, 0.1) is 0 Å². The molecule has 1 unspecified atom stereocenters. The van der Waals surface area contributed by atoms with Crippen LogP contribution in [0.3, 0.4) is 0 Å². The van der Waals surface area contributed by atoms with Gasteiger partial charge >= 0.3 is 0 Å². The molecule has 0 aliphatic carbocycles. The predicted octanol–water partition coefficient (Wildman–Crippen LogP) is 1.40. The number of likely N-dealkylation sites (N-methyl/N-ethyl adjacent to an activating group) is 1. The minimum atomic E-state index is -0.138. The zero-order valence-electron chi connectivity index (χ0n) is 11.3. The van der Waals surface area contributed by atoms with E-state index in [1.54, 1.807) is 7.05 Å². The van der Waals surface area contributed by atoms with E-state index in [0.717, 1.165) is 24.2 Å². The number of ether oxygens (including phenoxy) is 1. The van der Waals surface area contributed by atoms with Gasteiger partial charge in [0.2, 0.25) is 0 Å². The molecule has 1 amide bonds. The molecule has 0 aromatic heterocycles. The van der Waals surface area contributed by atoms with Gasteiger partial charge < -0.3 is 15.8 Å². The molecule has 100 valence electrons. The van der Waals surface area contributed by atoms with E-state index in [1.807, 2.05) is 19.1 Å². The first-order valence-electron chi connectivity index (χ1n) is 6.25. The summed E-state index contributed by atoms with van der Waals surface area (Å²) in [6, 6.07) is 6.05. The van der Waals surface area contributed by atoms with Gasteiger partial charge in [0.1, 0.15) is 5.75 Å². The Morgan fingerprint density at radius 3 is 2.83 bits per heavy atom. The van der Waals surface area contributed by atoms with Crippen LogP contribution >= 0.6 is 0 Å². The highest BCUT2D eigenvalue weighted by molar-refractivity contribution is 5.77. The molecule has 1 rings (SSSR count). The van der Waals surface area contributed by atoms with Crippen LogP contribution < -0.4 is 15.8 Å². The van der Waals surface area contributed by atoms with Gasteiger partial charge in [0, 0.05) is 13.1 Å². The van der Waals surface area contributed by atoms with E-state index in [4.69, 9.17) is 10.5 Å². The molecule has 1 aromatic carbocycles. The van der Waals surface area contributed by atoms with Crippen molar-refractivity contribution in [3.63, 3.8) is 0 Å². The van der Waals surface area contributed by atoms with Crippen LogP contribution in [0.5, 0.6) is 5.75 Å². The first-order chi connectivity index (χ1) is 8.56. The quantitative estimate of drug-likeness (QED) is 0.802. The second kappa shape index (κ2) is 7.01. The maximum absolute atomic E-state index is 11.2. The molecule has 1 atom stereocenters. The van der Waals surface area contributed by atoms with Crippen LogP contribution in [0.1, 0.15) is 24.5 Å². The molecule has 3 N–H and O–H groups in total. The van der Waals surface area contributed by atoms with Crippen molar-refractivity contribution in [1.29, 1.82) is 0 Å². The number of nitrogens with two attached hydrogens (primary N) is 1.